The molecule has 2 nitrogen and oxygen atoms in total. The molecule has 0 aromatic carbocycles. The zero-order valence-electron chi connectivity index (χ0n) is 9.11. The molecule has 0 aromatic rings. The molecule has 0 amide bonds. The van der Waals surface area contributed by atoms with Crippen molar-refractivity contribution in [2.24, 2.45) is 5.92 Å². The summed E-state index contributed by atoms with van der Waals surface area (Å²) in [6.45, 7) is 5.68. The third-order valence-corrected chi connectivity index (χ3v) is 2.76. The first-order valence-corrected chi connectivity index (χ1v) is 5.51. The fourth-order valence-electron chi connectivity index (χ4n) is 1.92. The fraction of sp³-hybridized carbons (Fsp3) is 1.00. The van der Waals surface area contributed by atoms with Gasteiger partial charge >= 0.3 is 6.18 Å². The van der Waals surface area contributed by atoms with Gasteiger partial charge in [0.05, 0.1) is 6.42 Å². The molecule has 1 unspecified atom stereocenters. The first kappa shape index (κ1) is 12.8. The van der Waals surface area contributed by atoms with Gasteiger partial charge in [0.2, 0.25) is 0 Å². The van der Waals surface area contributed by atoms with Gasteiger partial charge in [-0.05, 0) is 32.0 Å². The summed E-state index contributed by atoms with van der Waals surface area (Å²) in [4.78, 5) is 1.91. The second-order valence-electron chi connectivity index (χ2n) is 4.13. The van der Waals surface area contributed by atoms with Crippen LogP contribution in [-0.4, -0.2) is 43.8 Å². The van der Waals surface area contributed by atoms with E-state index in [1.165, 1.54) is 0 Å². The van der Waals surface area contributed by atoms with Crippen LogP contribution < -0.4 is 5.32 Å². The highest BCUT2D eigenvalue weighted by atomic mass is 19.4. The average molecular weight is 224 g/mol. The zero-order valence-corrected chi connectivity index (χ0v) is 9.11. The molecule has 1 atom stereocenters. The molecular formula is C10H19F3N2. The van der Waals surface area contributed by atoms with E-state index in [1.54, 1.807) is 0 Å². The van der Waals surface area contributed by atoms with E-state index < -0.39 is 12.6 Å². The van der Waals surface area contributed by atoms with Crippen LogP contribution in [0.1, 0.15) is 19.8 Å². The summed E-state index contributed by atoms with van der Waals surface area (Å²) in [6, 6.07) is 0. The van der Waals surface area contributed by atoms with Crippen LogP contribution in [0.4, 0.5) is 13.2 Å². The number of likely N-dealkylation sites (tertiary alicyclic amines) is 1. The summed E-state index contributed by atoms with van der Waals surface area (Å²) in [6.07, 6.45) is -3.68. The van der Waals surface area contributed by atoms with E-state index in [4.69, 9.17) is 0 Å². The fourth-order valence-corrected chi connectivity index (χ4v) is 1.92. The predicted molar refractivity (Wildman–Crippen MR) is 53.8 cm³/mol. The Morgan fingerprint density at radius 1 is 1.40 bits per heavy atom. The second kappa shape index (κ2) is 5.70. The molecule has 0 spiro atoms. The summed E-state index contributed by atoms with van der Waals surface area (Å²) in [5.41, 5.74) is 0. The van der Waals surface area contributed by atoms with Crippen molar-refractivity contribution in [1.29, 1.82) is 0 Å². The first-order valence-electron chi connectivity index (χ1n) is 5.51. The molecule has 1 N–H and O–H groups in total. The van der Waals surface area contributed by atoms with Crippen molar-refractivity contribution in [3.05, 3.63) is 0 Å². The van der Waals surface area contributed by atoms with E-state index in [9.17, 15) is 13.2 Å². The Morgan fingerprint density at radius 2 is 2.13 bits per heavy atom. The smallest absolute Gasteiger partial charge is 0.317 e. The van der Waals surface area contributed by atoms with E-state index in [1.807, 2.05) is 11.8 Å². The van der Waals surface area contributed by atoms with Gasteiger partial charge in [0, 0.05) is 13.1 Å². The zero-order chi connectivity index (χ0) is 11.3. The van der Waals surface area contributed by atoms with Crippen LogP contribution in [-0.2, 0) is 0 Å². The molecule has 1 heterocycles. The van der Waals surface area contributed by atoms with Gasteiger partial charge in [0.15, 0.2) is 0 Å². The summed E-state index contributed by atoms with van der Waals surface area (Å²) < 4.78 is 35.9. The van der Waals surface area contributed by atoms with Crippen LogP contribution in [0.3, 0.4) is 0 Å². The van der Waals surface area contributed by atoms with Crippen LogP contribution in [0.15, 0.2) is 0 Å². The predicted octanol–water partition coefficient (Wildman–Crippen LogP) is 1.87. The molecule has 1 saturated heterocycles. The number of alkyl halides is 3. The molecule has 1 aliphatic rings. The Kier molecular flexibility index (Phi) is 4.86. The van der Waals surface area contributed by atoms with Crippen molar-refractivity contribution in [3.8, 4) is 0 Å². The van der Waals surface area contributed by atoms with Gasteiger partial charge < -0.3 is 10.2 Å². The van der Waals surface area contributed by atoms with Gasteiger partial charge in [-0.1, -0.05) is 6.92 Å². The largest absolute Gasteiger partial charge is 0.390 e. The summed E-state index contributed by atoms with van der Waals surface area (Å²) >= 11 is 0. The van der Waals surface area contributed by atoms with Gasteiger partial charge in [-0.3, -0.25) is 0 Å². The molecule has 1 fully saturated rings. The Balaban J connectivity index is 2.13. The summed E-state index contributed by atoms with van der Waals surface area (Å²) in [7, 11) is 0. The number of hydrogen-bond acceptors (Lipinski definition) is 2. The SMILES string of the molecule is CCNCC1CCN(CCC(F)(F)F)C1. The number of halogens is 3. The molecule has 0 aliphatic carbocycles. The first-order chi connectivity index (χ1) is 7.01. The lowest BCUT2D eigenvalue weighted by Crippen LogP contribution is -2.28. The maximum Gasteiger partial charge on any atom is 0.390 e. The molecule has 1 aliphatic heterocycles. The Labute approximate surface area is 88.8 Å². The number of nitrogens with zero attached hydrogens (tertiary/aromatic N) is 1. The van der Waals surface area contributed by atoms with E-state index in [0.29, 0.717) is 5.92 Å². The highest BCUT2D eigenvalue weighted by Gasteiger charge is 2.30. The quantitative estimate of drug-likeness (QED) is 0.767. The van der Waals surface area contributed by atoms with E-state index >= 15 is 0 Å². The minimum Gasteiger partial charge on any atom is -0.317 e. The van der Waals surface area contributed by atoms with Crippen LogP contribution >= 0.6 is 0 Å². The van der Waals surface area contributed by atoms with Crippen molar-refractivity contribution < 1.29 is 13.2 Å². The molecule has 1 rings (SSSR count). The van der Waals surface area contributed by atoms with Gasteiger partial charge in [0.1, 0.15) is 0 Å². The lowest BCUT2D eigenvalue weighted by atomic mass is 10.1. The van der Waals surface area contributed by atoms with Gasteiger partial charge in [-0.25, -0.2) is 0 Å². The normalized spacial score (nSPS) is 23.6. The maximum atomic E-state index is 12.0. The minimum atomic E-state index is -4.01. The van der Waals surface area contributed by atoms with Gasteiger partial charge in [-0.15, -0.1) is 0 Å². The highest BCUT2D eigenvalue weighted by Crippen LogP contribution is 2.22. The van der Waals surface area contributed by atoms with Crippen molar-refractivity contribution in [1.82, 2.24) is 10.2 Å². The van der Waals surface area contributed by atoms with Gasteiger partial charge in [0.25, 0.3) is 0 Å². The minimum absolute atomic E-state index is 0.159. The van der Waals surface area contributed by atoms with Crippen LogP contribution in [0.5, 0.6) is 0 Å². The molecule has 0 saturated carbocycles. The molecule has 0 bridgehead atoms. The third-order valence-electron chi connectivity index (χ3n) is 2.76. The van der Waals surface area contributed by atoms with E-state index in [0.717, 1.165) is 32.6 Å². The Morgan fingerprint density at radius 3 is 2.73 bits per heavy atom. The van der Waals surface area contributed by atoms with Crippen molar-refractivity contribution >= 4 is 0 Å². The number of rotatable bonds is 5. The van der Waals surface area contributed by atoms with Crippen molar-refractivity contribution in [2.75, 3.05) is 32.7 Å². The third kappa shape index (κ3) is 5.37. The topological polar surface area (TPSA) is 15.3 Å². The molecule has 5 heteroatoms. The number of nitrogens with one attached hydrogen (secondary N) is 1. The number of hydrogen-bond donors (Lipinski definition) is 1. The highest BCUT2D eigenvalue weighted by molar-refractivity contribution is 4.77. The van der Waals surface area contributed by atoms with E-state index in [2.05, 4.69) is 5.32 Å². The Hall–Kier alpha value is -0.290. The monoisotopic (exact) mass is 224 g/mol. The second-order valence-corrected chi connectivity index (χ2v) is 4.13. The van der Waals surface area contributed by atoms with Crippen LogP contribution in [0.2, 0.25) is 0 Å². The molecular weight excluding hydrogens is 205 g/mol. The van der Waals surface area contributed by atoms with Crippen LogP contribution in [0.25, 0.3) is 0 Å². The summed E-state index contributed by atoms with van der Waals surface area (Å²) in [5.74, 6) is 0.526. The molecule has 90 valence electrons. The lowest BCUT2D eigenvalue weighted by Gasteiger charge is -2.17. The molecule has 15 heavy (non-hydrogen) atoms. The van der Waals surface area contributed by atoms with Crippen LogP contribution in [0, 0.1) is 5.92 Å². The van der Waals surface area contributed by atoms with Crippen molar-refractivity contribution in [2.45, 2.75) is 25.9 Å². The Bertz CT molecular complexity index is 182. The summed E-state index contributed by atoms with van der Waals surface area (Å²) in [5, 5.41) is 3.23. The molecule has 0 radical (unpaired) electrons. The van der Waals surface area contributed by atoms with E-state index in [-0.39, 0.29) is 6.54 Å². The maximum absolute atomic E-state index is 12.0. The lowest BCUT2D eigenvalue weighted by molar-refractivity contribution is -0.137. The van der Waals surface area contributed by atoms with Gasteiger partial charge in [-0.2, -0.15) is 13.2 Å². The standard InChI is InChI=1S/C10H19F3N2/c1-2-14-7-9-3-5-15(8-9)6-4-10(11,12)13/h9,14H,2-8H2,1H3. The molecule has 0 aromatic heterocycles. The van der Waals surface area contributed by atoms with Crippen molar-refractivity contribution in [3.63, 3.8) is 0 Å². The average Bonchev–Trinajstić information content (AvgIpc) is 2.58.